The standard InChI is InChI=1S/C17H19ClN4O/c1-12-3-2-8-22(11-12)16-10-19-15(9-20-16)17(23)21-14-6-4-13(18)5-7-14/h4-7,9-10,12H,2-3,8,11H2,1H3,(H,21,23). The summed E-state index contributed by atoms with van der Waals surface area (Å²) < 4.78 is 0. The lowest BCUT2D eigenvalue weighted by Crippen LogP contribution is -2.35. The predicted molar refractivity (Wildman–Crippen MR) is 92.0 cm³/mol. The van der Waals surface area contributed by atoms with Crippen LogP contribution in [0.4, 0.5) is 11.5 Å². The van der Waals surface area contributed by atoms with Gasteiger partial charge in [0.15, 0.2) is 0 Å². The Bertz CT molecular complexity index is 672. The molecular formula is C17H19ClN4O. The largest absolute Gasteiger partial charge is 0.355 e. The second-order valence-electron chi connectivity index (χ2n) is 5.91. The molecule has 0 aliphatic carbocycles. The number of nitrogens with zero attached hydrogens (tertiary/aromatic N) is 3. The zero-order valence-electron chi connectivity index (χ0n) is 13.0. The summed E-state index contributed by atoms with van der Waals surface area (Å²) in [6.07, 6.45) is 5.63. The van der Waals surface area contributed by atoms with E-state index in [4.69, 9.17) is 11.6 Å². The van der Waals surface area contributed by atoms with Crippen molar-refractivity contribution < 1.29 is 4.79 Å². The van der Waals surface area contributed by atoms with Crippen molar-refractivity contribution in [2.24, 2.45) is 5.92 Å². The quantitative estimate of drug-likeness (QED) is 0.933. The van der Waals surface area contributed by atoms with Gasteiger partial charge in [0, 0.05) is 23.8 Å². The molecule has 0 saturated carbocycles. The van der Waals surface area contributed by atoms with Gasteiger partial charge in [-0.25, -0.2) is 9.97 Å². The number of hydrogen-bond acceptors (Lipinski definition) is 4. The maximum Gasteiger partial charge on any atom is 0.275 e. The van der Waals surface area contributed by atoms with Crippen molar-refractivity contribution in [3.63, 3.8) is 0 Å². The SMILES string of the molecule is CC1CCCN(c2cnc(C(=O)Nc3ccc(Cl)cc3)cn2)C1. The number of carbonyl (C=O) groups excluding carboxylic acids is 1. The number of halogens is 1. The molecule has 2 aromatic rings. The summed E-state index contributed by atoms with van der Waals surface area (Å²) >= 11 is 5.83. The first-order valence-electron chi connectivity index (χ1n) is 7.76. The second-order valence-corrected chi connectivity index (χ2v) is 6.35. The highest BCUT2D eigenvalue weighted by Crippen LogP contribution is 2.20. The molecule has 1 unspecified atom stereocenters. The van der Waals surface area contributed by atoms with Crippen LogP contribution in [0.3, 0.4) is 0 Å². The molecular weight excluding hydrogens is 312 g/mol. The molecule has 1 aromatic carbocycles. The lowest BCUT2D eigenvalue weighted by atomic mass is 10.0. The lowest BCUT2D eigenvalue weighted by molar-refractivity contribution is 0.102. The highest BCUT2D eigenvalue weighted by atomic mass is 35.5. The van der Waals surface area contributed by atoms with E-state index < -0.39 is 0 Å². The van der Waals surface area contributed by atoms with Crippen molar-refractivity contribution in [3.05, 3.63) is 47.4 Å². The minimum atomic E-state index is -0.279. The molecule has 2 heterocycles. The Morgan fingerprint density at radius 1 is 1.26 bits per heavy atom. The first kappa shape index (κ1) is 15.7. The fraction of sp³-hybridized carbons (Fsp3) is 0.353. The predicted octanol–water partition coefficient (Wildman–Crippen LogP) is 3.62. The zero-order chi connectivity index (χ0) is 16.2. The van der Waals surface area contributed by atoms with Gasteiger partial charge in [-0.1, -0.05) is 18.5 Å². The van der Waals surface area contributed by atoms with Crippen LogP contribution in [-0.4, -0.2) is 29.0 Å². The van der Waals surface area contributed by atoms with E-state index in [2.05, 4.69) is 27.1 Å². The maximum absolute atomic E-state index is 12.2. The lowest BCUT2D eigenvalue weighted by Gasteiger charge is -2.31. The molecule has 1 amide bonds. The third-order valence-electron chi connectivity index (χ3n) is 3.95. The number of piperidine rings is 1. The van der Waals surface area contributed by atoms with Gasteiger partial charge in [-0.05, 0) is 43.0 Å². The Hall–Kier alpha value is -2.14. The molecule has 0 radical (unpaired) electrons. The number of anilines is 2. The van der Waals surface area contributed by atoms with Crippen molar-refractivity contribution in [2.45, 2.75) is 19.8 Å². The molecule has 6 heteroatoms. The summed E-state index contributed by atoms with van der Waals surface area (Å²) in [5.41, 5.74) is 0.976. The molecule has 23 heavy (non-hydrogen) atoms. The van der Waals surface area contributed by atoms with Crippen LogP contribution in [-0.2, 0) is 0 Å². The van der Waals surface area contributed by atoms with E-state index in [0.29, 0.717) is 22.3 Å². The Morgan fingerprint density at radius 3 is 2.70 bits per heavy atom. The van der Waals surface area contributed by atoms with Crippen molar-refractivity contribution >= 4 is 29.0 Å². The molecule has 1 saturated heterocycles. The fourth-order valence-electron chi connectivity index (χ4n) is 2.73. The van der Waals surface area contributed by atoms with E-state index in [9.17, 15) is 4.79 Å². The third kappa shape index (κ3) is 3.99. The summed E-state index contributed by atoms with van der Waals surface area (Å²) in [4.78, 5) is 23.0. The molecule has 1 atom stereocenters. The van der Waals surface area contributed by atoms with Gasteiger partial charge in [0.1, 0.15) is 11.5 Å². The smallest absolute Gasteiger partial charge is 0.275 e. The van der Waals surface area contributed by atoms with E-state index in [0.717, 1.165) is 18.9 Å². The first-order chi connectivity index (χ1) is 11.1. The molecule has 1 aromatic heterocycles. The number of amides is 1. The van der Waals surface area contributed by atoms with Gasteiger partial charge in [-0.15, -0.1) is 0 Å². The van der Waals surface area contributed by atoms with Gasteiger partial charge in [0.25, 0.3) is 5.91 Å². The summed E-state index contributed by atoms with van der Waals surface area (Å²) in [7, 11) is 0. The minimum absolute atomic E-state index is 0.279. The van der Waals surface area contributed by atoms with Crippen molar-refractivity contribution in [2.75, 3.05) is 23.3 Å². The van der Waals surface area contributed by atoms with Crippen LogP contribution in [0.5, 0.6) is 0 Å². The van der Waals surface area contributed by atoms with Crippen LogP contribution in [0.1, 0.15) is 30.3 Å². The van der Waals surface area contributed by atoms with Gasteiger partial charge in [-0.3, -0.25) is 4.79 Å². The van der Waals surface area contributed by atoms with Crippen LogP contribution >= 0.6 is 11.6 Å². The highest BCUT2D eigenvalue weighted by molar-refractivity contribution is 6.30. The number of hydrogen-bond donors (Lipinski definition) is 1. The summed E-state index contributed by atoms with van der Waals surface area (Å²) in [6.45, 7) is 4.23. The molecule has 1 fully saturated rings. The van der Waals surface area contributed by atoms with Gasteiger partial charge < -0.3 is 10.2 Å². The molecule has 0 spiro atoms. The molecule has 1 aliphatic rings. The average Bonchev–Trinajstić information content (AvgIpc) is 2.57. The van der Waals surface area contributed by atoms with E-state index in [1.807, 2.05) is 0 Å². The zero-order valence-corrected chi connectivity index (χ0v) is 13.8. The average molecular weight is 331 g/mol. The van der Waals surface area contributed by atoms with Crippen molar-refractivity contribution in [1.82, 2.24) is 9.97 Å². The van der Waals surface area contributed by atoms with E-state index in [1.165, 1.54) is 19.0 Å². The van der Waals surface area contributed by atoms with E-state index >= 15 is 0 Å². The molecule has 1 aliphatic heterocycles. The number of carbonyl (C=O) groups is 1. The van der Waals surface area contributed by atoms with Crippen LogP contribution in [0.15, 0.2) is 36.7 Å². The number of aromatic nitrogens is 2. The molecule has 0 bridgehead atoms. The number of rotatable bonds is 3. The van der Waals surface area contributed by atoms with Gasteiger partial charge in [0.2, 0.25) is 0 Å². The topological polar surface area (TPSA) is 58.1 Å². The van der Waals surface area contributed by atoms with Crippen LogP contribution in [0.2, 0.25) is 5.02 Å². The first-order valence-corrected chi connectivity index (χ1v) is 8.13. The van der Waals surface area contributed by atoms with E-state index in [-0.39, 0.29) is 5.91 Å². The Balaban J connectivity index is 1.66. The number of nitrogens with one attached hydrogen (secondary N) is 1. The van der Waals surface area contributed by atoms with Crippen molar-refractivity contribution in [1.29, 1.82) is 0 Å². The van der Waals surface area contributed by atoms with Gasteiger partial charge >= 0.3 is 0 Å². The Labute approximate surface area is 140 Å². The molecule has 3 rings (SSSR count). The van der Waals surface area contributed by atoms with Crippen LogP contribution < -0.4 is 10.2 Å². The van der Waals surface area contributed by atoms with E-state index in [1.54, 1.807) is 30.5 Å². The van der Waals surface area contributed by atoms with Gasteiger partial charge in [-0.2, -0.15) is 0 Å². The Morgan fingerprint density at radius 2 is 2.04 bits per heavy atom. The Kier molecular flexibility index (Phi) is 4.76. The molecule has 5 nitrogen and oxygen atoms in total. The summed E-state index contributed by atoms with van der Waals surface area (Å²) in [5, 5.41) is 3.41. The third-order valence-corrected chi connectivity index (χ3v) is 4.21. The van der Waals surface area contributed by atoms with Gasteiger partial charge in [0.05, 0.1) is 12.4 Å². The molecule has 1 N–H and O–H groups in total. The maximum atomic E-state index is 12.2. The highest BCUT2D eigenvalue weighted by Gasteiger charge is 2.18. The normalized spacial score (nSPS) is 17.8. The second kappa shape index (κ2) is 6.96. The molecule has 120 valence electrons. The van der Waals surface area contributed by atoms with Crippen molar-refractivity contribution in [3.8, 4) is 0 Å². The monoisotopic (exact) mass is 330 g/mol. The minimum Gasteiger partial charge on any atom is -0.355 e. The number of benzene rings is 1. The summed E-state index contributed by atoms with van der Waals surface area (Å²) in [6, 6.07) is 6.95. The summed E-state index contributed by atoms with van der Waals surface area (Å²) in [5.74, 6) is 1.22. The van der Waals surface area contributed by atoms with Crippen LogP contribution in [0, 0.1) is 5.92 Å². The fourth-order valence-corrected chi connectivity index (χ4v) is 2.85. The van der Waals surface area contributed by atoms with Crippen LogP contribution in [0.25, 0.3) is 0 Å².